The van der Waals surface area contributed by atoms with Gasteiger partial charge >= 0.3 is 6.03 Å². The SMILES string of the molecule is CCCCCC(C)NCC(=O)NC(N)=O. The third kappa shape index (κ3) is 9.21. The summed E-state index contributed by atoms with van der Waals surface area (Å²) < 4.78 is 0. The average molecular weight is 215 g/mol. The number of nitrogens with two attached hydrogens (primary N) is 1. The molecule has 0 aromatic rings. The van der Waals surface area contributed by atoms with E-state index in [0.29, 0.717) is 0 Å². The van der Waals surface area contributed by atoms with Crippen molar-refractivity contribution in [1.82, 2.24) is 10.6 Å². The second kappa shape index (κ2) is 8.23. The number of urea groups is 1. The molecular weight excluding hydrogens is 194 g/mol. The van der Waals surface area contributed by atoms with Crippen molar-refractivity contribution >= 4 is 11.9 Å². The summed E-state index contributed by atoms with van der Waals surface area (Å²) in [5.74, 6) is -0.384. The van der Waals surface area contributed by atoms with Crippen molar-refractivity contribution in [3.63, 3.8) is 0 Å². The number of rotatable bonds is 7. The van der Waals surface area contributed by atoms with Gasteiger partial charge in [-0.05, 0) is 13.3 Å². The zero-order chi connectivity index (χ0) is 11.7. The number of primary amides is 1. The Kier molecular flexibility index (Phi) is 7.62. The largest absolute Gasteiger partial charge is 0.351 e. The van der Waals surface area contributed by atoms with Crippen LogP contribution in [0.15, 0.2) is 0 Å². The van der Waals surface area contributed by atoms with E-state index in [2.05, 4.69) is 12.2 Å². The van der Waals surface area contributed by atoms with Crippen molar-refractivity contribution in [2.75, 3.05) is 6.54 Å². The van der Waals surface area contributed by atoms with Gasteiger partial charge in [-0.3, -0.25) is 10.1 Å². The van der Waals surface area contributed by atoms with Crippen LogP contribution in [0, 0.1) is 0 Å². The van der Waals surface area contributed by atoms with Crippen molar-refractivity contribution < 1.29 is 9.59 Å². The standard InChI is InChI=1S/C10H21N3O2/c1-3-4-5-6-8(2)12-7-9(14)13-10(11)15/h8,12H,3-7H2,1-2H3,(H3,11,13,14,15). The van der Waals surface area contributed by atoms with Gasteiger partial charge in [0, 0.05) is 6.04 Å². The molecule has 5 heteroatoms. The van der Waals surface area contributed by atoms with E-state index in [1.54, 1.807) is 0 Å². The molecule has 0 aliphatic carbocycles. The van der Waals surface area contributed by atoms with Gasteiger partial charge in [-0.25, -0.2) is 4.79 Å². The molecule has 0 spiro atoms. The Morgan fingerprint density at radius 1 is 1.33 bits per heavy atom. The molecule has 15 heavy (non-hydrogen) atoms. The van der Waals surface area contributed by atoms with Gasteiger partial charge in [0.15, 0.2) is 0 Å². The highest BCUT2D eigenvalue weighted by atomic mass is 16.2. The first-order chi connectivity index (χ1) is 7.06. The number of imide groups is 1. The fourth-order valence-electron chi connectivity index (χ4n) is 1.25. The molecule has 0 aliphatic heterocycles. The molecule has 0 aromatic heterocycles. The number of hydrogen-bond donors (Lipinski definition) is 3. The summed E-state index contributed by atoms with van der Waals surface area (Å²) >= 11 is 0. The average Bonchev–Trinajstić information content (AvgIpc) is 2.14. The summed E-state index contributed by atoms with van der Waals surface area (Å²) in [4.78, 5) is 21.3. The predicted octanol–water partition coefficient (Wildman–Crippen LogP) is 0.740. The molecule has 0 bridgehead atoms. The highest BCUT2D eigenvalue weighted by molar-refractivity contribution is 5.94. The molecule has 4 N–H and O–H groups in total. The lowest BCUT2D eigenvalue weighted by atomic mass is 10.1. The quantitative estimate of drug-likeness (QED) is 0.548. The van der Waals surface area contributed by atoms with E-state index in [4.69, 9.17) is 5.73 Å². The van der Waals surface area contributed by atoms with E-state index < -0.39 is 6.03 Å². The number of hydrogen-bond acceptors (Lipinski definition) is 3. The van der Waals surface area contributed by atoms with E-state index in [-0.39, 0.29) is 18.5 Å². The van der Waals surface area contributed by atoms with E-state index in [1.807, 2.05) is 12.2 Å². The topological polar surface area (TPSA) is 84.2 Å². The van der Waals surface area contributed by atoms with Crippen molar-refractivity contribution in [2.45, 2.75) is 45.6 Å². The van der Waals surface area contributed by atoms with Crippen molar-refractivity contribution in [3.8, 4) is 0 Å². The zero-order valence-corrected chi connectivity index (χ0v) is 9.51. The summed E-state index contributed by atoms with van der Waals surface area (Å²) in [5, 5.41) is 5.03. The molecule has 1 atom stereocenters. The van der Waals surface area contributed by atoms with Crippen LogP contribution in [-0.2, 0) is 4.79 Å². The number of carbonyl (C=O) groups is 2. The third-order valence-corrected chi connectivity index (χ3v) is 2.11. The molecule has 1 unspecified atom stereocenters. The molecule has 88 valence electrons. The molecule has 0 saturated heterocycles. The smallest absolute Gasteiger partial charge is 0.318 e. The molecule has 0 rings (SSSR count). The Balaban J connectivity index is 3.48. The van der Waals surface area contributed by atoms with Crippen LogP contribution in [0.3, 0.4) is 0 Å². The minimum Gasteiger partial charge on any atom is -0.351 e. The van der Waals surface area contributed by atoms with Gasteiger partial charge in [-0.1, -0.05) is 26.2 Å². The lowest BCUT2D eigenvalue weighted by Crippen LogP contribution is -2.42. The van der Waals surface area contributed by atoms with Gasteiger partial charge < -0.3 is 11.1 Å². The van der Waals surface area contributed by atoms with Gasteiger partial charge in [-0.15, -0.1) is 0 Å². The van der Waals surface area contributed by atoms with E-state index >= 15 is 0 Å². The maximum Gasteiger partial charge on any atom is 0.318 e. The van der Waals surface area contributed by atoms with Gasteiger partial charge in [0.25, 0.3) is 0 Å². The second-order valence-electron chi connectivity index (χ2n) is 3.69. The number of unbranched alkanes of at least 4 members (excludes halogenated alkanes) is 2. The predicted molar refractivity (Wildman–Crippen MR) is 59.3 cm³/mol. The molecule has 0 fully saturated rings. The highest BCUT2D eigenvalue weighted by Crippen LogP contribution is 2.02. The maximum atomic E-state index is 11.0. The van der Waals surface area contributed by atoms with Gasteiger partial charge in [-0.2, -0.15) is 0 Å². The first-order valence-corrected chi connectivity index (χ1v) is 5.39. The summed E-state index contributed by atoms with van der Waals surface area (Å²) in [5.41, 5.74) is 4.80. The van der Waals surface area contributed by atoms with Crippen LogP contribution in [0.2, 0.25) is 0 Å². The van der Waals surface area contributed by atoms with Gasteiger partial charge in [0.2, 0.25) is 5.91 Å². The Morgan fingerprint density at radius 2 is 2.00 bits per heavy atom. The molecule has 3 amide bonds. The Hall–Kier alpha value is -1.10. The van der Waals surface area contributed by atoms with Crippen molar-refractivity contribution in [1.29, 1.82) is 0 Å². The lowest BCUT2D eigenvalue weighted by molar-refractivity contribution is -0.119. The normalized spacial score (nSPS) is 12.1. The monoisotopic (exact) mass is 215 g/mol. The zero-order valence-electron chi connectivity index (χ0n) is 9.51. The molecule has 0 aliphatic rings. The van der Waals surface area contributed by atoms with Crippen LogP contribution in [-0.4, -0.2) is 24.5 Å². The molecule has 5 nitrogen and oxygen atoms in total. The van der Waals surface area contributed by atoms with Crippen LogP contribution >= 0.6 is 0 Å². The minimum atomic E-state index is -0.805. The van der Waals surface area contributed by atoms with Gasteiger partial charge in [0.05, 0.1) is 6.54 Å². The summed E-state index contributed by atoms with van der Waals surface area (Å²) in [7, 11) is 0. The van der Waals surface area contributed by atoms with Crippen molar-refractivity contribution in [2.24, 2.45) is 5.73 Å². The van der Waals surface area contributed by atoms with Crippen LogP contribution < -0.4 is 16.4 Å². The van der Waals surface area contributed by atoms with E-state index in [1.165, 1.54) is 12.8 Å². The molecular formula is C10H21N3O2. The summed E-state index contributed by atoms with van der Waals surface area (Å²) in [6, 6.07) is -0.518. The third-order valence-electron chi connectivity index (χ3n) is 2.11. The second-order valence-corrected chi connectivity index (χ2v) is 3.69. The lowest BCUT2D eigenvalue weighted by Gasteiger charge is -2.12. The fourth-order valence-corrected chi connectivity index (χ4v) is 1.25. The number of carbonyl (C=O) groups excluding carboxylic acids is 2. The first-order valence-electron chi connectivity index (χ1n) is 5.39. The van der Waals surface area contributed by atoms with Crippen LogP contribution in [0.4, 0.5) is 4.79 Å². The fraction of sp³-hybridized carbons (Fsp3) is 0.800. The van der Waals surface area contributed by atoms with E-state index in [9.17, 15) is 9.59 Å². The Bertz CT molecular complexity index is 207. The summed E-state index contributed by atoms with van der Waals surface area (Å²) in [6.07, 6.45) is 4.59. The van der Waals surface area contributed by atoms with Crippen LogP contribution in [0.5, 0.6) is 0 Å². The first kappa shape index (κ1) is 13.9. The summed E-state index contributed by atoms with van der Waals surface area (Å²) in [6.45, 7) is 4.31. The minimum absolute atomic E-state index is 0.135. The van der Waals surface area contributed by atoms with E-state index in [0.717, 1.165) is 12.8 Å². The van der Waals surface area contributed by atoms with Crippen LogP contribution in [0.1, 0.15) is 39.5 Å². The maximum absolute atomic E-state index is 11.0. The highest BCUT2D eigenvalue weighted by Gasteiger charge is 2.06. The van der Waals surface area contributed by atoms with Crippen molar-refractivity contribution in [3.05, 3.63) is 0 Å². The Morgan fingerprint density at radius 3 is 2.53 bits per heavy atom. The van der Waals surface area contributed by atoms with Gasteiger partial charge in [0.1, 0.15) is 0 Å². The molecule has 0 radical (unpaired) electrons. The number of amides is 3. The Labute approximate surface area is 90.8 Å². The molecule has 0 saturated carbocycles. The van der Waals surface area contributed by atoms with Crippen LogP contribution in [0.25, 0.3) is 0 Å². The molecule has 0 heterocycles. The number of nitrogens with one attached hydrogen (secondary N) is 2. The molecule has 0 aromatic carbocycles.